The van der Waals surface area contributed by atoms with Crippen LogP contribution in [0.25, 0.3) is 0 Å². The Hall–Kier alpha value is -1.88. The van der Waals surface area contributed by atoms with Crippen LogP contribution in [0, 0.1) is 6.92 Å². The van der Waals surface area contributed by atoms with Crippen LogP contribution in [0.4, 0.5) is 5.69 Å². The number of nitrogens with zero attached hydrogens (tertiary/aromatic N) is 1. The zero-order valence-electron chi connectivity index (χ0n) is 14.5. The lowest BCUT2D eigenvalue weighted by Crippen LogP contribution is -2.42. The molecule has 1 aromatic rings. The van der Waals surface area contributed by atoms with Crippen LogP contribution < -0.4 is 10.6 Å². The van der Waals surface area contributed by atoms with Crippen molar-refractivity contribution >= 4 is 17.5 Å². The first-order chi connectivity index (χ1) is 10.9. The average molecular weight is 317 g/mol. The van der Waals surface area contributed by atoms with E-state index in [1.165, 1.54) is 0 Å². The predicted octanol–water partition coefficient (Wildman–Crippen LogP) is 2.27. The van der Waals surface area contributed by atoms with Crippen LogP contribution >= 0.6 is 0 Å². The first-order valence-electron chi connectivity index (χ1n) is 8.28. The molecule has 2 N–H and O–H groups in total. The lowest BCUT2D eigenvalue weighted by atomic mass is 9.98. The Morgan fingerprint density at radius 1 is 1.43 bits per heavy atom. The van der Waals surface area contributed by atoms with Gasteiger partial charge in [0.1, 0.15) is 0 Å². The summed E-state index contributed by atoms with van der Waals surface area (Å²) in [5, 5.41) is 5.94. The molecule has 1 aliphatic heterocycles. The van der Waals surface area contributed by atoms with Gasteiger partial charge in [-0.1, -0.05) is 32.0 Å². The molecule has 1 fully saturated rings. The highest BCUT2D eigenvalue weighted by Gasteiger charge is 2.22. The van der Waals surface area contributed by atoms with Crippen LogP contribution in [0.3, 0.4) is 0 Å². The topological polar surface area (TPSA) is 61.4 Å². The molecule has 126 valence electrons. The van der Waals surface area contributed by atoms with Gasteiger partial charge >= 0.3 is 0 Å². The fraction of sp³-hybridized carbons (Fsp3) is 0.556. The van der Waals surface area contributed by atoms with Crippen molar-refractivity contribution < 1.29 is 9.59 Å². The highest BCUT2D eigenvalue weighted by molar-refractivity contribution is 5.94. The molecular formula is C18H27N3O2. The molecular weight excluding hydrogens is 290 g/mol. The van der Waals surface area contributed by atoms with E-state index in [4.69, 9.17) is 0 Å². The minimum atomic E-state index is -0.0256. The van der Waals surface area contributed by atoms with E-state index in [1.54, 1.807) is 0 Å². The number of hydrogen-bond acceptors (Lipinski definition) is 3. The molecule has 2 amide bonds. The summed E-state index contributed by atoms with van der Waals surface area (Å²) in [5.74, 6) is 0.382. The highest BCUT2D eigenvalue weighted by atomic mass is 16.2. The molecule has 1 atom stereocenters. The van der Waals surface area contributed by atoms with Crippen LogP contribution in [-0.2, 0) is 9.59 Å². The second-order valence-corrected chi connectivity index (χ2v) is 6.62. The molecule has 23 heavy (non-hydrogen) atoms. The Bertz CT molecular complexity index is 584. The Morgan fingerprint density at radius 3 is 2.87 bits per heavy atom. The van der Waals surface area contributed by atoms with Crippen LogP contribution in [0.2, 0.25) is 0 Å². The standard InChI is InChI=1S/C18H27N3O2/c1-12(2)15-7-5-6-13(3)18(15)20-17(23)11-21-9-8-16(22)19-10-14(21)4/h5-7,12,14H,8-11H2,1-4H3,(H,19,22)(H,20,23)/t14-/m1/s1. The van der Waals surface area contributed by atoms with Gasteiger partial charge in [0.15, 0.2) is 0 Å². The smallest absolute Gasteiger partial charge is 0.238 e. The number of aryl methyl sites for hydroxylation is 1. The number of anilines is 1. The van der Waals surface area contributed by atoms with E-state index in [9.17, 15) is 9.59 Å². The maximum Gasteiger partial charge on any atom is 0.238 e. The molecule has 0 saturated carbocycles. The molecule has 0 aromatic heterocycles. The molecule has 0 radical (unpaired) electrons. The Morgan fingerprint density at radius 2 is 2.17 bits per heavy atom. The van der Waals surface area contributed by atoms with Crippen molar-refractivity contribution in [1.29, 1.82) is 0 Å². The third-order valence-electron chi connectivity index (χ3n) is 4.38. The van der Waals surface area contributed by atoms with Crippen molar-refractivity contribution in [3.63, 3.8) is 0 Å². The number of hydrogen-bond donors (Lipinski definition) is 2. The van der Waals surface area contributed by atoms with Crippen LogP contribution in [0.5, 0.6) is 0 Å². The van der Waals surface area contributed by atoms with Gasteiger partial charge in [0, 0.05) is 31.2 Å². The molecule has 0 aliphatic carbocycles. The molecule has 5 nitrogen and oxygen atoms in total. The summed E-state index contributed by atoms with van der Waals surface area (Å²) in [6, 6.07) is 6.26. The lowest BCUT2D eigenvalue weighted by molar-refractivity contribution is -0.121. The lowest BCUT2D eigenvalue weighted by Gasteiger charge is -2.26. The molecule has 1 heterocycles. The number of benzene rings is 1. The second kappa shape index (κ2) is 7.59. The first kappa shape index (κ1) is 17.5. The number of rotatable bonds is 4. The van der Waals surface area contributed by atoms with E-state index in [0.29, 0.717) is 32.0 Å². The van der Waals surface area contributed by atoms with Crippen molar-refractivity contribution in [3.05, 3.63) is 29.3 Å². The monoisotopic (exact) mass is 317 g/mol. The predicted molar refractivity (Wildman–Crippen MR) is 92.6 cm³/mol. The quantitative estimate of drug-likeness (QED) is 0.895. The van der Waals surface area contributed by atoms with Gasteiger partial charge < -0.3 is 10.6 Å². The van der Waals surface area contributed by atoms with E-state index < -0.39 is 0 Å². The third kappa shape index (κ3) is 4.55. The summed E-state index contributed by atoms with van der Waals surface area (Å²) in [4.78, 5) is 26.0. The van der Waals surface area contributed by atoms with Gasteiger partial charge in [-0.2, -0.15) is 0 Å². The van der Waals surface area contributed by atoms with Crippen LogP contribution in [-0.4, -0.2) is 42.4 Å². The third-order valence-corrected chi connectivity index (χ3v) is 4.38. The van der Waals surface area contributed by atoms with Crippen molar-refractivity contribution in [2.75, 3.05) is 25.0 Å². The normalized spacial score (nSPS) is 19.3. The molecule has 5 heteroatoms. The second-order valence-electron chi connectivity index (χ2n) is 6.62. The van der Waals surface area contributed by atoms with Crippen molar-refractivity contribution in [3.8, 4) is 0 Å². The number of amides is 2. The average Bonchev–Trinajstić information content (AvgIpc) is 2.64. The van der Waals surface area contributed by atoms with Crippen molar-refractivity contribution in [2.45, 2.75) is 46.1 Å². The summed E-state index contributed by atoms with van der Waals surface area (Å²) < 4.78 is 0. The van der Waals surface area contributed by atoms with Crippen LogP contribution in [0.1, 0.15) is 44.2 Å². The molecule has 1 saturated heterocycles. The molecule has 2 rings (SSSR count). The highest BCUT2D eigenvalue weighted by Crippen LogP contribution is 2.27. The summed E-state index contributed by atoms with van der Waals surface area (Å²) in [5.41, 5.74) is 3.15. The Labute approximate surface area is 138 Å². The summed E-state index contributed by atoms with van der Waals surface area (Å²) >= 11 is 0. The van der Waals surface area contributed by atoms with Crippen LogP contribution in [0.15, 0.2) is 18.2 Å². The van der Waals surface area contributed by atoms with Gasteiger partial charge in [-0.3, -0.25) is 14.5 Å². The van der Waals surface area contributed by atoms with Gasteiger partial charge in [-0.25, -0.2) is 0 Å². The van der Waals surface area contributed by atoms with E-state index in [-0.39, 0.29) is 17.9 Å². The van der Waals surface area contributed by atoms with E-state index in [1.807, 2.05) is 26.0 Å². The minimum Gasteiger partial charge on any atom is -0.355 e. The van der Waals surface area contributed by atoms with E-state index in [2.05, 4.69) is 35.4 Å². The number of para-hydroxylation sites is 1. The SMILES string of the molecule is Cc1cccc(C(C)C)c1NC(=O)CN1CCC(=O)NC[C@H]1C. The maximum atomic E-state index is 12.5. The van der Waals surface area contributed by atoms with Crippen molar-refractivity contribution in [1.82, 2.24) is 10.2 Å². The zero-order chi connectivity index (χ0) is 17.0. The molecule has 1 aliphatic rings. The molecule has 0 bridgehead atoms. The van der Waals surface area contributed by atoms with Gasteiger partial charge in [0.05, 0.1) is 6.54 Å². The molecule has 0 spiro atoms. The van der Waals surface area contributed by atoms with E-state index >= 15 is 0 Å². The summed E-state index contributed by atoms with van der Waals surface area (Å²) in [7, 11) is 0. The van der Waals surface area contributed by atoms with Gasteiger partial charge in [-0.05, 0) is 30.9 Å². The first-order valence-corrected chi connectivity index (χ1v) is 8.28. The van der Waals surface area contributed by atoms with Gasteiger partial charge in [0.2, 0.25) is 11.8 Å². The Kier molecular flexibility index (Phi) is 5.77. The zero-order valence-corrected chi connectivity index (χ0v) is 14.5. The number of carbonyl (C=O) groups is 2. The van der Waals surface area contributed by atoms with Gasteiger partial charge in [0.25, 0.3) is 0 Å². The summed E-state index contributed by atoms with van der Waals surface area (Å²) in [6.07, 6.45) is 0.444. The molecule has 1 aromatic carbocycles. The fourth-order valence-corrected chi connectivity index (χ4v) is 2.89. The van der Waals surface area contributed by atoms with Gasteiger partial charge in [-0.15, -0.1) is 0 Å². The molecule has 0 unspecified atom stereocenters. The minimum absolute atomic E-state index is 0.0256. The largest absolute Gasteiger partial charge is 0.355 e. The number of nitrogens with one attached hydrogen (secondary N) is 2. The van der Waals surface area contributed by atoms with Crippen molar-refractivity contribution in [2.24, 2.45) is 0 Å². The fourth-order valence-electron chi connectivity index (χ4n) is 2.89. The summed E-state index contributed by atoms with van der Waals surface area (Å²) in [6.45, 7) is 9.81. The number of carbonyl (C=O) groups excluding carboxylic acids is 2. The Balaban J connectivity index is 2.06. The maximum absolute atomic E-state index is 12.5. The van der Waals surface area contributed by atoms with E-state index in [0.717, 1.165) is 16.8 Å².